The molecule has 0 radical (unpaired) electrons. The van der Waals surface area contributed by atoms with Crippen molar-refractivity contribution < 1.29 is 26.4 Å². The monoisotopic (exact) mass is 398 g/mol. The van der Waals surface area contributed by atoms with Crippen molar-refractivity contribution in [1.82, 2.24) is 4.31 Å². The molecule has 0 unspecified atom stereocenters. The van der Waals surface area contributed by atoms with Crippen LogP contribution in [0.4, 0.5) is 18.9 Å². The van der Waals surface area contributed by atoms with Crippen LogP contribution in [-0.2, 0) is 14.8 Å². The van der Waals surface area contributed by atoms with Crippen molar-refractivity contribution in [3.63, 3.8) is 0 Å². The third-order valence-electron chi connectivity index (χ3n) is 4.47. The molecule has 0 bridgehead atoms. The van der Waals surface area contributed by atoms with Crippen molar-refractivity contribution in [1.29, 1.82) is 0 Å². The van der Waals surface area contributed by atoms with E-state index in [0.717, 1.165) is 22.5 Å². The summed E-state index contributed by atoms with van der Waals surface area (Å²) >= 11 is 0. The van der Waals surface area contributed by atoms with E-state index in [9.17, 15) is 26.4 Å². The number of piperidine rings is 1. The highest BCUT2D eigenvalue weighted by atomic mass is 32.2. The Morgan fingerprint density at radius 3 is 2.30 bits per heavy atom. The Hall–Kier alpha value is -2.39. The van der Waals surface area contributed by atoms with Crippen LogP contribution in [0.15, 0.2) is 47.4 Å². The molecule has 5 nitrogen and oxygen atoms in total. The standard InChI is InChI=1S/C18H17F3N2O3S/c19-13-5-6-16(15(21)11-13)22-18(24)12-7-9-23(10-8-12)27(25,26)17-4-2-1-3-14(17)20/h1-6,11-12H,7-10H2,(H,22,24). The Labute approximate surface area is 154 Å². The number of hydrogen-bond donors (Lipinski definition) is 1. The topological polar surface area (TPSA) is 66.5 Å². The molecule has 1 fully saturated rings. The first kappa shape index (κ1) is 19.4. The van der Waals surface area contributed by atoms with Crippen molar-refractivity contribution >= 4 is 21.6 Å². The lowest BCUT2D eigenvalue weighted by Crippen LogP contribution is -2.41. The summed E-state index contributed by atoms with van der Waals surface area (Å²) in [6.45, 7) is 0.0846. The number of carbonyl (C=O) groups is 1. The first-order chi connectivity index (χ1) is 12.8. The number of amides is 1. The summed E-state index contributed by atoms with van der Waals surface area (Å²) in [5, 5.41) is 2.39. The van der Waals surface area contributed by atoms with E-state index in [4.69, 9.17) is 0 Å². The van der Waals surface area contributed by atoms with E-state index >= 15 is 0 Å². The fraction of sp³-hybridized carbons (Fsp3) is 0.278. The van der Waals surface area contributed by atoms with E-state index in [1.165, 1.54) is 18.2 Å². The minimum absolute atomic E-state index is 0.0423. The zero-order valence-corrected chi connectivity index (χ0v) is 15.0. The van der Waals surface area contributed by atoms with E-state index in [0.29, 0.717) is 6.07 Å². The van der Waals surface area contributed by atoms with Crippen LogP contribution in [0.3, 0.4) is 0 Å². The third-order valence-corrected chi connectivity index (χ3v) is 6.40. The minimum Gasteiger partial charge on any atom is -0.323 e. The van der Waals surface area contributed by atoms with Gasteiger partial charge in [0, 0.05) is 25.1 Å². The van der Waals surface area contributed by atoms with Gasteiger partial charge in [-0.25, -0.2) is 21.6 Å². The number of hydrogen-bond acceptors (Lipinski definition) is 3. The van der Waals surface area contributed by atoms with Crippen molar-refractivity contribution in [2.24, 2.45) is 5.92 Å². The summed E-state index contributed by atoms with van der Waals surface area (Å²) in [7, 11) is -3.99. The number of anilines is 1. The summed E-state index contributed by atoms with van der Waals surface area (Å²) < 4.78 is 66.6. The number of nitrogens with one attached hydrogen (secondary N) is 1. The molecule has 27 heavy (non-hydrogen) atoms. The van der Waals surface area contributed by atoms with Crippen molar-refractivity contribution in [3.8, 4) is 0 Å². The van der Waals surface area contributed by atoms with E-state index < -0.39 is 44.2 Å². The van der Waals surface area contributed by atoms with Gasteiger partial charge in [0.05, 0.1) is 5.69 Å². The average molecular weight is 398 g/mol. The third kappa shape index (κ3) is 4.14. The molecule has 2 aromatic rings. The molecular formula is C18H17F3N2O3S. The molecule has 2 aromatic carbocycles. The van der Waals surface area contributed by atoms with Crippen molar-refractivity contribution in [3.05, 3.63) is 59.9 Å². The minimum atomic E-state index is -3.99. The molecule has 0 spiro atoms. The number of sulfonamides is 1. The van der Waals surface area contributed by atoms with Crippen molar-refractivity contribution in [2.45, 2.75) is 17.7 Å². The van der Waals surface area contributed by atoms with Crippen LogP contribution in [-0.4, -0.2) is 31.7 Å². The zero-order chi connectivity index (χ0) is 19.6. The zero-order valence-electron chi connectivity index (χ0n) is 14.2. The van der Waals surface area contributed by atoms with Gasteiger partial charge in [-0.15, -0.1) is 0 Å². The predicted molar refractivity (Wildman–Crippen MR) is 92.9 cm³/mol. The van der Waals surface area contributed by atoms with Crippen LogP contribution in [0.2, 0.25) is 0 Å². The highest BCUT2D eigenvalue weighted by Crippen LogP contribution is 2.26. The molecule has 0 aliphatic carbocycles. The van der Waals surface area contributed by atoms with Gasteiger partial charge in [0.15, 0.2) is 0 Å². The van der Waals surface area contributed by atoms with Crippen LogP contribution < -0.4 is 5.32 Å². The largest absolute Gasteiger partial charge is 0.323 e. The highest BCUT2D eigenvalue weighted by Gasteiger charge is 2.33. The van der Waals surface area contributed by atoms with E-state index in [-0.39, 0.29) is 31.6 Å². The lowest BCUT2D eigenvalue weighted by atomic mass is 9.97. The quantitative estimate of drug-likeness (QED) is 0.861. The van der Waals surface area contributed by atoms with Crippen LogP contribution in [0.1, 0.15) is 12.8 Å². The number of nitrogens with zero attached hydrogens (tertiary/aromatic N) is 1. The van der Waals surface area contributed by atoms with Gasteiger partial charge in [-0.05, 0) is 37.1 Å². The van der Waals surface area contributed by atoms with Gasteiger partial charge >= 0.3 is 0 Å². The molecule has 1 N–H and O–H groups in total. The van der Waals surface area contributed by atoms with Gasteiger partial charge < -0.3 is 5.32 Å². The predicted octanol–water partition coefficient (Wildman–Crippen LogP) is 3.14. The maximum Gasteiger partial charge on any atom is 0.245 e. The smallest absolute Gasteiger partial charge is 0.245 e. The maximum atomic E-state index is 13.8. The molecule has 0 atom stereocenters. The summed E-state index contributed by atoms with van der Waals surface area (Å²) in [6, 6.07) is 7.93. The molecular weight excluding hydrogens is 381 g/mol. The molecule has 0 saturated carbocycles. The van der Waals surface area contributed by atoms with Crippen molar-refractivity contribution in [2.75, 3.05) is 18.4 Å². The van der Waals surface area contributed by atoms with Gasteiger partial charge in [-0.2, -0.15) is 4.31 Å². The average Bonchev–Trinajstić information content (AvgIpc) is 2.64. The Kier molecular flexibility index (Phi) is 5.52. The molecule has 1 amide bonds. The van der Waals surface area contributed by atoms with Gasteiger partial charge in [0.2, 0.25) is 15.9 Å². The van der Waals surface area contributed by atoms with Crippen LogP contribution in [0.5, 0.6) is 0 Å². The van der Waals surface area contributed by atoms with Gasteiger partial charge in [-0.1, -0.05) is 12.1 Å². The molecule has 144 valence electrons. The summed E-state index contributed by atoms with van der Waals surface area (Å²) in [5.74, 6) is -3.46. The van der Waals surface area contributed by atoms with E-state index in [1.807, 2.05) is 0 Å². The Morgan fingerprint density at radius 2 is 1.67 bits per heavy atom. The molecule has 0 aromatic heterocycles. The number of carbonyl (C=O) groups excluding carboxylic acids is 1. The van der Waals surface area contributed by atoms with Crippen LogP contribution in [0, 0.1) is 23.4 Å². The van der Waals surface area contributed by atoms with Crippen LogP contribution >= 0.6 is 0 Å². The second-order valence-electron chi connectivity index (χ2n) is 6.22. The molecule has 3 rings (SSSR count). The Morgan fingerprint density at radius 1 is 1.00 bits per heavy atom. The maximum absolute atomic E-state index is 13.8. The molecule has 9 heteroatoms. The highest BCUT2D eigenvalue weighted by molar-refractivity contribution is 7.89. The number of halogens is 3. The van der Waals surface area contributed by atoms with Gasteiger partial charge in [0.1, 0.15) is 22.3 Å². The molecule has 1 aliphatic rings. The summed E-state index contributed by atoms with van der Waals surface area (Å²) in [4.78, 5) is 11.9. The Bertz CT molecular complexity index is 958. The van der Waals surface area contributed by atoms with Gasteiger partial charge in [-0.3, -0.25) is 4.79 Å². The second kappa shape index (κ2) is 7.69. The molecule has 1 heterocycles. The van der Waals surface area contributed by atoms with E-state index in [1.54, 1.807) is 0 Å². The fourth-order valence-electron chi connectivity index (χ4n) is 2.98. The lowest BCUT2D eigenvalue weighted by molar-refractivity contribution is -0.120. The normalized spacial score (nSPS) is 16.3. The second-order valence-corrected chi connectivity index (χ2v) is 8.13. The number of rotatable bonds is 4. The first-order valence-electron chi connectivity index (χ1n) is 8.29. The molecule has 1 saturated heterocycles. The first-order valence-corrected chi connectivity index (χ1v) is 9.73. The fourth-order valence-corrected chi connectivity index (χ4v) is 4.51. The van der Waals surface area contributed by atoms with E-state index in [2.05, 4.69) is 5.32 Å². The van der Waals surface area contributed by atoms with Gasteiger partial charge in [0.25, 0.3) is 0 Å². The SMILES string of the molecule is O=C(Nc1ccc(F)cc1F)C1CCN(S(=O)(=O)c2ccccc2F)CC1. The summed E-state index contributed by atoms with van der Waals surface area (Å²) in [5.41, 5.74) is -0.136. The molecule has 1 aliphatic heterocycles. The Balaban J connectivity index is 1.65. The summed E-state index contributed by atoms with van der Waals surface area (Å²) in [6.07, 6.45) is 0.421. The number of benzene rings is 2. The lowest BCUT2D eigenvalue weighted by Gasteiger charge is -2.30. The van der Waals surface area contributed by atoms with Crippen LogP contribution in [0.25, 0.3) is 0 Å².